The summed E-state index contributed by atoms with van der Waals surface area (Å²) in [6.45, 7) is 0. The van der Waals surface area contributed by atoms with Gasteiger partial charge in [-0.3, -0.25) is 0 Å². The maximum Gasteiger partial charge on any atom is 0.0340 e. The zero-order valence-corrected chi connectivity index (χ0v) is 14.5. The average molecular weight is 341 g/mol. The molecule has 0 spiro atoms. The van der Waals surface area contributed by atoms with Crippen molar-refractivity contribution >= 4 is 37.9 Å². The van der Waals surface area contributed by atoms with Crippen LogP contribution < -0.4 is 0 Å². The van der Waals surface area contributed by atoms with Crippen LogP contribution in [0.4, 0.5) is 0 Å². The molecule has 3 aromatic carbocycles. The van der Waals surface area contributed by atoms with Gasteiger partial charge in [0.25, 0.3) is 0 Å². The molecule has 0 bridgehead atoms. The lowest BCUT2D eigenvalue weighted by molar-refractivity contribution is 0.968. The van der Waals surface area contributed by atoms with E-state index in [1.54, 1.807) is 0 Å². The molecule has 0 atom stereocenters. The highest BCUT2D eigenvalue weighted by atomic mass is 32.1. The molecule has 3 rings (SSSR count). The molecule has 0 aromatic heterocycles. The van der Waals surface area contributed by atoms with Gasteiger partial charge in [0.2, 0.25) is 0 Å². The Bertz CT molecular complexity index is 636. The van der Waals surface area contributed by atoms with Crippen molar-refractivity contribution in [3.8, 4) is 0 Å². The second-order valence-electron chi connectivity index (χ2n) is 5.21. The molecule has 3 aromatic rings. The molecular formula is C19H16S3. The van der Waals surface area contributed by atoms with Gasteiger partial charge in [0, 0.05) is 20.6 Å². The van der Waals surface area contributed by atoms with Gasteiger partial charge in [-0.1, -0.05) is 36.4 Å². The highest BCUT2D eigenvalue weighted by molar-refractivity contribution is 7.80. The van der Waals surface area contributed by atoms with E-state index < -0.39 is 0 Å². The fourth-order valence-corrected chi connectivity index (χ4v) is 3.02. The number of benzene rings is 3. The topological polar surface area (TPSA) is 0 Å². The summed E-state index contributed by atoms with van der Waals surface area (Å²) in [5.41, 5.74) is 3.74. The van der Waals surface area contributed by atoms with Crippen LogP contribution in [0, 0.1) is 0 Å². The van der Waals surface area contributed by atoms with E-state index in [4.69, 9.17) is 0 Å². The third kappa shape index (κ3) is 3.54. The molecule has 22 heavy (non-hydrogen) atoms. The van der Waals surface area contributed by atoms with Crippen LogP contribution in [0.5, 0.6) is 0 Å². The minimum atomic E-state index is 0.191. The van der Waals surface area contributed by atoms with E-state index >= 15 is 0 Å². The highest BCUT2D eigenvalue weighted by Gasteiger charge is 2.16. The van der Waals surface area contributed by atoms with Gasteiger partial charge < -0.3 is 0 Å². The van der Waals surface area contributed by atoms with Gasteiger partial charge in [-0.25, -0.2) is 0 Å². The molecule has 0 amide bonds. The molecule has 0 radical (unpaired) electrons. The normalized spacial score (nSPS) is 10.9. The summed E-state index contributed by atoms with van der Waals surface area (Å²) in [6.07, 6.45) is 0. The van der Waals surface area contributed by atoms with Gasteiger partial charge in [0.1, 0.15) is 0 Å². The number of hydrogen-bond acceptors (Lipinski definition) is 3. The van der Waals surface area contributed by atoms with Crippen molar-refractivity contribution in [2.45, 2.75) is 20.6 Å². The van der Waals surface area contributed by atoms with E-state index in [0.717, 1.165) is 14.7 Å². The standard InChI is InChI=1S/C19H16S3/c20-16-7-1-13(2-8-16)19(14-3-9-17(21)10-4-14)15-5-11-18(22)12-6-15/h1-12,19-22H. The lowest BCUT2D eigenvalue weighted by Gasteiger charge is -2.19. The molecule has 0 unspecified atom stereocenters. The minimum Gasteiger partial charge on any atom is -0.143 e. The summed E-state index contributed by atoms with van der Waals surface area (Å²) in [5, 5.41) is 0. The zero-order chi connectivity index (χ0) is 15.5. The van der Waals surface area contributed by atoms with Crippen molar-refractivity contribution in [3.63, 3.8) is 0 Å². The van der Waals surface area contributed by atoms with Gasteiger partial charge in [-0.2, -0.15) is 0 Å². The van der Waals surface area contributed by atoms with Crippen molar-refractivity contribution in [2.24, 2.45) is 0 Å². The largest absolute Gasteiger partial charge is 0.143 e. The van der Waals surface area contributed by atoms with E-state index in [0.29, 0.717) is 0 Å². The molecular weight excluding hydrogens is 324 g/mol. The summed E-state index contributed by atoms with van der Waals surface area (Å²) in [6, 6.07) is 25.0. The SMILES string of the molecule is Sc1ccc(C(c2ccc(S)cc2)c2ccc(S)cc2)cc1. The quantitative estimate of drug-likeness (QED) is 0.393. The van der Waals surface area contributed by atoms with Crippen molar-refractivity contribution in [3.05, 3.63) is 89.5 Å². The zero-order valence-electron chi connectivity index (χ0n) is 11.8. The Kier molecular flexibility index (Phi) is 4.87. The lowest BCUT2D eigenvalue weighted by Crippen LogP contribution is -2.03. The average Bonchev–Trinajstić information content (AvgIpc) is 2.53. The van der Waals surface area contributed by atoms with Crippen LogP contribution in [0.1, 0.15) is 22.6 Å². The molecule has 0 aliphatic carbocycles. The predicted octanol–water partition coefficient (Wildman–Crippen LogP) is 5.73. The molecule has 110 valence electrons. The minimum absolute atomic E-state index is 0.191. The molecule has 0 heterocycles. The first kappa shape index (κ1) is 15.6. The third-order valence-corrected chi connectivity index (χ3v) is 4.57. The number of thiol groups is 3. The van der Waals surface area contributed by atoms with Crippen molar-refractivity contribution in [1.29, 1.82) is 0 Å². The predicted molar refractivity (Wildman–Crippen MR) is 102 cm³/mol. The Morgan fingerprint density at radius 3 is 0.864 bits per heavy atom. The summed E-state index contributed by atoms with van der Waals surface area (Å²) in [7, 11) is 0. The first-order chi connectivity index (χ1) is 10.6. The van der Waals surface area contributed by atoms with Crippen LogP contribution >= 0.6 is 37.9 Å². The van der Waals surface area contributed by atoms with Gasteiger partial charge in [0.15, 0.2) is 0 Å². The molecule has 3 heteroatoms. The molecule has 0 fully saturated rings. The second kappa shape index (κ2) is 6.86. The molecule has 0 aliphatic heterocycles. The van der Waals surface area contributed by atoms with E-state index in [9.17, 15) is 0 Å². The van der Waals surface area contributed by atoms with Crippen LogP contribution in [-0.4, -0.2) is 0 Å². The van der Waals surface area contributed by atoms with Crippen molar-refractivity contribution < 1.29 is 0 Å². The van der Waals surface area contributed by atoms with Crippen LogP contribution in [0.15, 0.2) is 87.5 Å². The maximum absolute atomic E-state index is 4.38. The Hall–Kier alpha value is -1.29. The van der Waals surface area contributed by atoms with Gasteiger partial charge in [-0.15, -0.1) is 37.9 Å². The van der Waals surface area contributed by atoms with Gasteiger partial charge >= 0.3 is 0 Å². The Morgan fingerprint density at radius 2 is 0.636 bits per heavy atom. The fraction of sp³-hybridized carbons (Fsp3) is 0.0526. The van der Waals surface area contributed by atoms with Crippen LogP contribution in [0.3, 0.4) is 0 Å². The van der Waals surface area contributed by atoms with Gasteiger partial charge in [-0.05, 0) is 53.1 Å². The summed E-state index contributed by atoms with van der Waals surface area (Å²) < 4.78 is 0. The first-order valence-electron chi connectivity index (χ1n) is 7.00. The molecule has 0 nitrogen and oxygen atoms in total. The summed E-state index contributed by atoms with van der Waals surface area (Å²) in [4.78, 5) is 2.91. The lowest BCUT2D eigenvalue weighted by atomic mass is 9.85. The third-order valence-electron chi connectivity index (χ3n) is 3.68. The smallest absolute Gasteiger partial charge is 0.0340 e. The van der Waals surface area contributed by atoms with E-state index in [2.05, 4.69) is 74.3 Å². The highest BCUT2D eigenvalue weighted by Crippen LogP contribution is 2.33. The molecule has 0 saturated carbocycles. The molecule has 0 saturated heterocycles. The van der Waals surface area contributed by atoms with Crippen LogP contribution in [-0.2, 0) is 0 Å². The second-order valence-corrected chi connectivity index (χ2v) is 6.76. The van der Waals surface area contributed by atoms with Crippen molar-refractivity contribution in [2.75, 3.05) is 0 Å². The van der Waals surface area contributed by atoms with Gasteiger partial charge in [0.05, 0.1) is 0 Å². The Labute approximate surface area is 147 Å². The van der Waals surface area contributed by atoms with Crippen LogP contribution in [0.25, 0.3) is 0 Å². The summed E-state index contributed by atoms with van der Waals surface area (Å²) >= 11 is 13.1. The molecule has 0 N–H and O–H groups in total. The fourth-order valence-electron chi connectivity index (χ4n) is 2.58. The Morgan fingerprint density at radius 1 is 0.409 bits per heavy atom. The van der Waals surface area contributed by atoms with E-state index in [-0.39, 0.29) is 5.92 Å². The number of hydrogen-bond donors (Lipinski definition) is 3. The Balaban J connectivity index is 2.10. The van der Waals surface area contributed by atoms with Crippen LogP contribution in [0.2, 0.25) is 0 Å². The first-order valence-corrected chi connectivity index (χ1v) is 8.34. The number of rotatable bonds is 3. The molecule has 0 aliphatic rings. The maximum atomic E-state index is 4.38. The monoisotopic (exact) mass is 340 g/mol. The summed E-state index contributed by atoms with van der Waals surface area (Å²) in [5.74, 6) is 0.191. The van der Waals surface area contributed by atoms with Crippen molar-refractivity contribution in [1.82, 2.24) is 0 Å². The van der Waals surface area contributed by atoms with E-state index in [1.165, 1.54) is 16.7 Å². The van der Waals surface area contributed by atoms with E-state index in [1.807, 2.05) is 36.4 Å².